The minimum Gasteiger partial charge on any atom is -0.466 e. The Bertz CT molecular complexity index is 1200. The number of rotatable bonds is 66. The molecular weight excluding hydrogens is 947 g/mol. The van der Waals surface area contributed by atoms with Crippen molar-refractivity contribution >= 4 is 11.9 Å². The monoisotopic (exact) mass is 1080 g/mol. The average molecular weight is 1080 g/mol. The summed E-state index contributed by atoms with van der Waals surface area (Å²) in [6.45, 7) is 4.94. The Hall–Kier alpha value is -1.66. The second-order valence-electron chi connectivity index (χ2n) is 24.2. The van der Waals surface area contributed by atoms with Crippen molar-refractivity contribution in [3.05, 3.63) is 24.3 Å². The summed E-state index contributed by atoms with van der Waals surface area (Å²) in [6.07, 6.45) is 84.0. The molecule has 0 fully saturated rings. The topological polar surface area (TPSA) is 95.9 Å². The molecule has 2 unspecified atom stereocenters. The third-order valence-corrected chi connectivity index (χ3v) is 16.5. The van der Waals surface area contributed by atoms with Gasteiger partial charge in [0.1, 0.15) is 0 Å². The number of hydrogen-bond acceptors (Lipinski definition) is 5. The number of carbonyl (C=O) groups excluding carboxylic acids is 2. The normalized spacial score (nSPS) is 12.6. The number of esters is 1. The van der Waals surface area contributed by atoms with Gasteiger partial charge >= 0.3 is 5.97 Å². The van der Waals surface area contributed by atoms with Crippen LogP contribution in [0.2, 0.25) is 0 Å². The summed E-state index contributed by atoms with van der Waals surface area (Å²) < 4.78 is 5.47. The molecule has 3 N–H and O–H groups in total. The second kappa shape index (κ2) is 66.8. The van der Waals surface area contributed by atoms with E-state index >= 15 is 0 Å². The van der Waals surface area contributed by atoms with Crippen LogP contribution in [-0.4, -0.2) is 47.4 Å². The molecular formula is C71H137NO5. The molecule has 0 aliphatic heterocycles. The van der Waals surface area contributed by atoms with Crippen LogP contribution in [0, 0.1) is 0 Å². The van der Waals surface area contributed by atoms with Gasteiger partial charge in [-0.1, -0.05) is 346 Å². The van der Waals surface area contributed by atoms with Gasteiger partial charge < -0.3 is 20.3 Å². The number of ether oxygens (including phenoxy) is 1. The SMILES string of the molecule is CCCCCCCCCCCCCCCCCCC/C=C/C(O)C(CO)NC(=O)CCCCCCCCCCCCCCCC/C=C\CCCCCCCCCCCCCCOC(=O)CCCCCCCCCCCCC. The van der Waals surface area contributed by atoms with E-state index in [4.69, 9.17) is 4.74 Å². The van der Waals surface area contributed by atoms with Gasteiger partial charge in [-0.05, 0) is 57.8 Å². The van der Waals surface area contributed by atoms with Crippen LogP contribution in [0.4, 0.5) is 0 Å². The molecule has 0 bridgehead atoms. The fourth-order valence-corrected chi connectivity index (χ4v) is 11.1. The first-order chi connectivity index (χ1) is 38.0. The predicted octanol–water partition coefficient (Wildman–Crippen LogP) is 22.5. The van der Waals surface area contributed by atoms with E-state index in [0.717, 1.165) is 38.5 Å². The van der Waals surface area contributed by atoms with Gasteiger partial charge in [-0.2, -0.15) is 0 Å². The molecule has 0 saturated heterocycles. The molecule has 0 heterocycles. The van der Waals surface area contributed by atoms with E-state index in [1.54, 1.807) is 6.08 Å². The molecule has 0 radical (unpaired) electrons. The lowest BCUT2D eigenvalue weighted by Gasteiger charge is -2.20. The van der Waals surface area contributed by atoms with Crippen molar-refractivity contribution in [1.82, 2.24) is 5.32 Å². The Labute approximate surface area is 481 Å². The molecule has 0 aromatic rings. The molecule has 0 rings (SSSR count). The zero-order chi connectivity index (χ0) is 55.7. The standard InChI is InChI=1S/C71H137NO5/c1-3-5-7-9-11-13-15-16-17-18-31-34-37-40-44-47-51-55-59-63-69(74)68(67-73)72-70(75)64-60-56-52-48-45-41-38-35-32-29-27-25-23-21-19-20-22-24-26-28-30-33-36-39-42-46-50-54-58-62-66-77-71(76)65-61-57-53-49-43-14-12-10-8-6-4-2/h20,22,59,63,68-69,73-74H,3-19,21,23-58,60-62,64-67H2,1-2H3,(H,72,75)/b22-20-,63-59+. The minimum atomic E-state index is -0.844. The van der Waals surface area contributed by atoms with Crippen LogP contribution in [-0.2, 0) is 14.3 Å². The van der Waals surface area contributed by atoms with Crippen molar-refractivity contribution in [3.63, 3.8) is 0 Å². The van der Waals surface area contributed by atoms with Crippen LogP contribution in [0.15, 0.2) is 24.3 Å². The fraction of sp³-hybridized carbons (Fsp3) is 0.915. The third kappa shape index (κ3) is 63.4. The highest BCUT2D eigenvalue weighted by molar-refractivity contribution is 5.76. The Balaban J connectivity index is 3.39. The van der Waals surface area contributed by atoms with Crippen molar-refractivity contribution in [2.75, 3.05) is 13.2 Å². The summed E-state index contributed by atoms with van der Waals surface area (Å²) in [4.78, 5) is 24.5. The molecule has 0 aromatic carbocycles. The zero-order valence-electron chi connectivity index (χ0n) is 52.2. The van der Waals surface area contributed by atoms with Crippen molar-refractivity contribution in [1.29, 1.82) is 0 Å². The van der Waals surface area contributed by atoms with Crippen molar-refractivity contribution < 1.29 is 24.5 Å². The number of carbonyl (C=O) groups is 2. The highest BCUT2D eigenvalue weighted by atomic mass is 16.5. The molecule has 1 amide bonds. The van der Waals surface area contributed by atoms with Gasteiger partial charge in [0.15, 0.2) is 0 Å². The third-order valence-electron chi connectivity index (χ3n) is 16.5. The molecule has 0 aliphatic rings. The molecule has 6 nitrogen and oxygen atoms in total. The van der Waals surface area contributed by atoms with E-state index in [9.17, 15) is 19.8 Å². The van der Waals surface area contributed by atoms with Crippen LogP contribution >= 0.6 is 0 Å². The van der Waals surface area contributed by atoms with Crippen LogP contribution < -0.4 is 5.32 Å². The van der Waals surface area contributed by atoms with E-state index < -0.39 is 12.1 Å². The van der Waals surface area contributed by atoms with E-state index in [0.29, 0.717) is 19.4 Å². The Morgan fingerprint density at radius 1 is 0.351 bits per heavy atom. The molecule has 456 valence electrons. The van der Waals surface area contributed by atoms with Crippen LogP contribution in [0.3, 0.4) is 0 Å². The molecule has 0 aliphatic carbocycles. The lowest BCUT2D eigenvalue weighted by molar-refractivity contribution is -0.143. The maximum Gasteiger partial charge on any atom is 0.305 e. The van der Waals surface area contributed by atoms with Gasteiger partial charge in [0, 0.05) is 12.8 Å². The molecule has 0 saturated carbocycles. The molecule has 0 aromatic heterocycles. The number of unbranched alkanes of at least 4 members (excludes halogenated alkanes) is 53. The first kappa shape index (κ1) is 75.3. The number of hydrogen-bond donors (Lipinski definition) is 3. The highest BCUT2D eigenvalue weighted by Gasteiger charge is 2.18. The number of aliphatic hydroxyl groups is 2. The Morgan fingerprint density at radius 2 is 0.610 bits per heavy atom. The summed E-state index contributed by atoms with van der Waals surface area (Å²) in [5.41, 5.74) is 0. The highest BCUT2D eigenvalue weighted by Crippen LogP contribution is 2.19. The fourth-order valence-electron chi connectivity index (χ4n) is 11.1. The average Bonchev–Trinajstić information content (AvgIpc) is 3.43. The van der Waals surface area contributed by atoms with Crippen LogP contribution in [0.25, 0.3) is 0 Å². The van der Waals surface area contributed by atoms with E-state index in [-0.39, 0.29) is 18.5 Å². The van der Waals surface area contributed by atoms with Gasteiger partial charge in [0.05, 0.1) is 25.4 Å². The van der Waals surface area contributed by atoms with Crippen LogP contribution in [0.1, 0.15) is 393 Å². The predicted molar refractivity (Wildman–Crippen MR) is 338 cm³/mol. The summed E-state index contributed by atoms with van der Waals surface area (Å²) in [5, 5.41) is 23.2. The minimum absolute atomic E-state index is 0.0170. The van der Waals surface area contributed by atoms with Gasteiger partial charge in [-0.3, -0.25) is 9.59 Å². The number of aliphatic hydroxyl groups excluding tert-OH is 2. The largest absolute Gasteiger partial charge is 0.466 e. The first-order valence-electron chi connectivity index (χ1n) is 35.1. The van der Waals surface area contributed by atoms with E-state index in [1.807, 2.05) is 6.08 Å². The Kier molecular flexibility index (Phi) is 65.4. The molecule has 2 atom stereocenters. The van der Waals surface area contributed by atoms with E-state index in [2.05, 4.69) is 31.3 Å². The van der Waals surface area contributed by atoms with Crippen molar-refractivity contribution in [3.8, 4) is 0 Å². The first-order valence-corrected chi connectivity index (χ1v) is 35.1. The van der Waals surface area contributed by atoms with E-state index in [1.165, 1.54) is 327 Å². The lowest BCUT2D eigenvalue weighted by atomic mass is 10.0. The number of amides is 1. The van der Waals surface area contributed by atoms with Gasteiger partial charge in [-0.15, -0.1) is 0 Å². The van der Waals surface area contributed by atoms with Crippen molar-refractivity contribution in [2.24, 2.45) is 0 Å². The van der Waals surface area contributed by atoms with Crippen molar-refractivity contribution in [2.45, 2.75) is 405 Å². The number of nitrogens with one attached hydrogen (secondary N) is 1. The smallest absolute Gasteiger partial charge is 0.305 e. The molecule has 0 spiro atoms. The lowest BCUT2D eigenvalue weighted by Crippen LogP contribution is -2.45. The quantitative estimate of drug-likeness (QED) is 0.0320. The Morgan fingerprint density at radius 3 is 0.922 bits per heavy atom. The summed E-state index contributed by atoms with van der Waals surface area (Å²) in [5.74, 6) is -0.0457. The summed E-state index contributed by atoms with van der Waals surface area (Å²) in [7, 11) is 0. The maximum absolute atomic E-state index is 12.5. The van der Waals surface area contributed by atoms with Crippen LogP contribution in [0.5, 0.6) is 0 Å². The molecule has 6 heteroatoms. The van der Waals surface area contributed by atoms with Gasteiger partial charge in [-0.25, -0.2) is 0 Å². The molecule has 77 heavy (non-hydrogen) atoms. The summed E-state index contributed by atoms with van der Waals surface area (Å²) in [6, 6.07) is -0.627. The van der Waals surface area contributed by atoms with Gasteiger partial charge in [0.2, 0.25) is 5.91 Å². The summed E-state index contributed by atoms with van der Waals surface area (Å²) >= 11 is 0. The van der Waals surface area contributed by atoms with Gasteiger partial charge in [0.25, 0.3) is 0 Å². The number of allylic oxidation sites excluding steroid dienone is 3. The second-order valence-corrected chi connectivity index (χ2v) is 24.2. The maximum atomic E-state index is 12.5. The zero-order valence-corrected chi connectivity index (χ0v) is 52.2.